The van der Waals surface area contributed by atoms with E-state index in [1.165, 1.54) is 10.9 Å². The Morgan fingerprint density at radius 1 is 1.35 bits per heavy atom. The molecule has 1 aromatic rings. The number of rotatable bonds is 6. The SMILES string of the molecule is CCS(=O)(=O)CCCn1cc(S(=O)(=O)Cl)cn1. The van der Waals surface area contributed by atoms with E-state index in [2.05, 4.69) is 5.10 Å². The van der Waals surface area contributed by atoms with Crippen LogP contribution in [0.3, 0.4) is 0 Å². The normalized spacial score (nSPS) is 12.8. The molecule has 0 saturated carbocycles. The molecule has 9 heteroatoms. The van der Waals surface area contributed by atoms with Crippen molar-refractivity contribution in [2.24, 2.45) is 0 Å². The second-order valence-electron chi connectivity index (χ2n) is 3.47. The second kappa shape index (κ2) is 5.36. The molecule has 0 unspecified atom stereocenters. The molecule has 0 spiro atoms. The van der Waals surface area contributed by atoms with Gasteiger partial charge in [0.05, 0.1) is 11.9 Å². The summed E-state index contributed by atoms with van der Waals surface area (Å²) in [6.45, 7) is 1.92. The van der Waals surface area contributed by atoms with Crippen LogP contribution in [0.2, 0.25) is 0 Å². The van der Waals surface area contributed by atoms with Gasteiger partial charge in [0.2, 0.25) is 0 Å². The van der Waals surface area contributed by atoms with Crippen molar-refractivity contribution in [3.8, 4) is 0 Å². The molecule has 0 aromatic carbocycles. The molecule has 0 atom stereocenters. The van der Waals surface area contributed by atoms with Gasteiger partial charge in [-0.2, -0.15) is 5.10 Å². The summed E-state index contributed by atoms with van der Waals surface area (Å²) < 4.78 is 45.7. The van der Waals surface area contributed by atoms with Crippen molar-refractivity contribution in [1.29, 1.82) is 0 Å². The van der Waals surface area contributed by atoms with Gasteiger partial charge in [0.25, 0.3) is 9.05 Å². The van der Waals surface area contributed by atoms with Crippen LogP contribution >= 0.6 is 10.7 Å². The Morgan fingerprint density at radius 3 is 2.47 bits per heavy atom. The molecule has 0 amide bonds. The summed E-state index contributed by atoms with van der Waals surface area (Å²) in [5.74, 6) is 0.166. The molecule has 6 nitrogen and oxygen atoms in total. The first-order valence-electron chi connectivity index (χ1n) is 4.92. The van der Waals surface area contributed by atoms with Crippen LogP contribution in [-0.4, -0.2) is 38.1 Å². The van der Waals surface area contributed by atoms with Crippen molar-refractivity contribution in [2.75, 3.05) is 11.5 Å². The molecular weight excluding hydrogens is 288 g/mol. The molecule has 1 rings (SSSR count). The number of aromatic nitrogens is 2. The number of sulfone groups is 1. The third-order valence-corrected chi connectivity index (χ3v) is 5.27. The fourth-order valence-electron chi connectivity index (χ4n) is 1.18. The Balaban J connectivity index is 2.58. The smallest absolute Gasteiger partial charge is 0.264 e. The van der Waals surface area contributed by atoms with Crippen molar-refractivity contribution in [3.63, 3.8) is 0 Å². The van der Waals surface area contributed by atoms with Crippen LogP contribution in [0, 0.1) is 0 Å². The Labute approximate surface area is 105 Å². The molecule has 0 aliphatic rings. The third-order valence-electron chi connectivity index (χ3n) is 2.17. The minimum atomic E-state index is -3.77. The zero-order chi connectivity index (χ0) is 13.1. The maximum absolute atomic E-state index is 11.2. The fourth-order valence-corrected chi connectivity index (χ4v) is 2.70. The van der Waals surface area contributed by atoms with Crippen LogP contribution in [0.15, 0.2) is 17.3 Å². The summed E-state index contributed by atoms with van der Waals surface area (Å²) >= 11 is 0. The second-order valence-corrected chi connectivity index (χ2v) is 8.51. The number of halogens is 1. The predicted molar refractivity (Wildman–Crippen MR) is 64.2 cm³/mol. The van der Waals surface area contributed by atoms with Gasteiger partial charge in [0.1, 0.15) is 14.7 Å². The Kier molecular flexibility index (Phi) is 4.56. The molecule has 0 radical (unpaired) electrons. The van der Waals surface area contributed by atoms with E-state index in [0.29, 0.717) is 13.0 Å². The van der Waals surface area contributed by atoms with E-state index < -0.39 is 18.9 Å². The van der Waals surface area contributed by atoms with Gasteiger partial charge < -0.3 is 0 Å². The van der Waals surface area contributed by atoms with E-state index >= 15 is 0 Å². The van der Waals surface area contributed by atoms with Crippen molar-refractivity contribution in [1.82, 2.24) is 9.78 Å². The standard InChI is InChI=1S/C8H13ClN2O4S2/c1-2-16(12,13)5-3-4-11-7-8(6-10-11)17(9,14)15/h6-7H,2-5H2,1H3. The molecule has 0 N–H and O–H groups in total. The molecule has 0 saturated heterocycles. The van der Waals surface area contributed by atoms with Crippen molar-refractivity contribution in [3.05, 3.63) is 12.4 Å². The lowest BCUT2D eigenvalue weighted by molar-refractivity contribution is 0.572. The highest BCUT2D eigenvalue weighted by atomic mass is 35.7. The topological polar surface area (TPSA) is 86.1 Å². The van der Waals surface area contributed by atoms with Crippen LogP contribution in [0.4, 0.5) is 0 Å². The van der Waals surface area contributed by atoms with Crippen LogP contribution in [0.25, 0.3) is 0 Å². The highest BCUT2D eigenvalue weighted by Gasteiger charge is 2.13. The first-order valence-corrected chi connectivity index (χ1v) is 9.05. The molecule has 0 bridgehead atoms. The lowest BCUT2D eigenvalue weighted by atomic mass is 10.5. The van der Waals surface area contributed by atoms with Gasteiger partial charge in [-0.15, -0.1) is 0 Å². The van der Waals surface area contributed by atoms with Crippen LogP contribution in [0.1, 0.15) is 13.3 Å². The van der Waals surface area contributed by atoms with E-state index in [1.54, 1.807) is 6.92 Å². The van der Waals surface area contributed by atoms with Gasteiger partial charge in [-0.1, -0.05) is 6.92 Å². The van der Waals surface area contributed by atoms with Gasteiger partial charge in [-0.25, -0.2) is 16.8 Å². The van der Waals surface area contributed by atoms with Crippen molar-refractivity contribution in [2.45, 2.75) is 24.8 Å². The molecule has 98 valence electrons. The number of hydrogen-bond acceptors (Lipinski definition) is 5. The Hall–Kier alpha value is -0.600. The summed E-state index contributed by atoms with van der Waals surface area (Å²) in [6, 6.07) is 0. The monoisotopic (exact) mass is 300 g/mol. The van der Waals surface area contributed by atoms with E-state index in [1.807, 2.05) is 0 Å². The minimum absolute atomic E-state index is 0.0618. The van der Waals surface area contributed by atoms with Crippen LogP contribution in [0.5, 0.6) is 0 Å². The van der Waals surface area contributed by atoms with E-state index in [4.69, 9.17) is 10.7 Å². The Bertz CT molecular complexity index is 576. The average molecular weight is 301 g/mol. The summed E-state index contributed by atoms with van der Waals surface area (Å²) in [4.78, 5) is -0.0856. The average Bonchev–Trinajstić information content (AvgIpc) is 2.66. The van der Waals surface area contributed by atoms with Crippen molar-refractivity contribution >= 4 is 29.6 Å². The highest BCUT2D eigenvalue weighted by Crippen LogP contribution is 2.13. The summed E-state index contributed by atoms with van der Waals surface area (Å²) in [5.41, 5.74) is 0. The largest absolute Gasteiger partial charge is 0.271 e. The maximum atomic E-state index is 11.2. The number of nitrogens with zero attached hydrogens (tertiary/aromatic N) is 2. The molecular formula is C8H13ClN2O4S2. The van der Waals surface area contributed by atoms with Crippen LogP contribution < -0.4 is 0 Å². The maximum Gasteiger partial charge on any atom is 0.264 e. The number of hydrogen-bond donors (Lipinski definition) is 0. The molecule has 0 fully saturated rings. The molecule has 1 aromatic heterocycles. The predicted octanol–water partition coefficient (Wildman–Crippen LogP) is 0.635. The summed E-state index contributed by atoms with van der Waals surface area (Å²) in [6.07, 6.45) is 2.80. The molecule has 1 heterocycles. The lowest BCUT2D eigenvalue weighted by Gasteiger charge is -2.01. The van der Waals surface area contributed by atoms with E-state index in [-0.39, 0.29) is 16.4 Å². The number of aryl methyl sites for hydroxylation is 1. The fraction of sp³-hybridized carbons (Fsp3) is 0.625. The summed E-state index contributed by atoms with van der Waals surface area (Å²) in [7, 11) is -1.64. The van der Waals surface area contributed by atoms with Gasteiger partial charge >= 0.3 is 0 Å². The Morgan fingerprint density at radius 2 is 2.00 bits per heavy atom. The van der Waals surface area contributed by atoms with Gasteiger partial charge in [0.15, 0.2) is 0 Å². The molecule has 0 aliphatic carbocycles. The van der Waals surface area contributed by atoms with Gasteiger partial charge in [-0.05, 0) is 6.42 Å². The van der Waals surface area contributed by atoms with E-state index in [0.717, 1.165) is 6.20 Å². The van der Waals surface area contributed by atoms with Crippen LogP contribution in [-0.2, 0) is 25.4 Å². The van der Waals surface area contributed by atoms with Gasteiger partial charge in [-0.3, -0.25) is 4.68 Å². The first-order chi connectivity index (χ1) is 7.74. The molecule has 17 heavy (non-hydrogen) atoms. The summed E-state index contributed by atoms with van der Waals surface area (Å²) in [5, 5.41) is 3.79. The first kappa shape index (κ1) is 14.5. The third kappa shape index (κ3) is 4.64. The van der Waals surface area contributed by atoms with Gasteiger partial charge in [0, 0.05) is 29.2 Å². The van der Waals surface area contributed by atoms with Crippen molar-refractivity contribution < 1.29 is 16.8 Å². The van der Waals surface area contributed by atoms with E-state index in [9.17, 15) is 16.8 Å². The zero-order valence-corrected chi connectivity index (χ0v) is 11.6. The zero-order valence-electron chi connectivity index (χ0n) is 9.21. The highest BCUT2D eigenvalue weighted by molar-refractivity contribution is 8.13. The molecule has 0 aliphatic heterocycles. The lowest BCUT2D eigenvalue weighted by Crippen LogP contribution is -2.11. The quantitative estimate of drug-likeness (QED) is 0.719. The minimum Gasteiger partial charge on any atom is -0.271 e.